The van der Waals surface area contributed by atoms with Crippen molar-refractivity contribution in [1.82, 2.24) is 0 Å². The molecule has 44 valence electrons. The minimum Gasteiger partial charge on any atom is -0.0967 e. The van der Waals surface area contributed by atoms with Gasteiger partial charge in [0.25, 0.3) is 0 Å². The average Bonchev–Trinajstić information content (AvgIpc) is 1.61. The first-order valence-electron chi connectivity index (χ1n) is 2.64. The zero-order valence-electron chi connectivity index (χ0n) is 4.95. The maximum atomic E-state index is 5.72. The highest BCUT2D eigenvalue weighted by Gasteiger charge is 1.90. The molecule has 0 saturated heterocycles. The predicted molar refractivity (Wildman–Crippen MR) is 38.5 cm³/mol. The lowest BCUT2D eigenvalue weighted by molar-refractivity contribution is 0.894. The van der Waals surface area contributed by atoms with Crippen LogP contribution in [0.4, 0.5) is 0 Å². The summed E-state index contributed by atoms with van der Waals surface area (Å²) >= 11 is 5.72. The summed E-state index contributed by atoms with van der Waals surface area (Å²) in [6.07, 6.45) is 3.80. The minimum atomic E-state index is -0.134. The van der Waals surface area contributed by atoms with Crippen LogP contribution in [-0.4, -0.2) is 12.8 Å². The number of rotatable bonds is 3. The summed E-state index contributed by atoms with van der Waals surface area (Å²) in [6.45, 7) is 4.29. The molecule has 0 fully saturated rings. The second-order valence-electron chi connectivity index (χ2n) is 1.68. The Labute approximate surface area is 51.8 Å². The molecule has 0 spiro atoms. The van der Waals surface area contributed by atoms with E-state index in [1.54, 1.807) is 0 Å². The van der Waals surface area contributed by atoms with E-state index in [0.29, 0.717) is 0 Å². The molecule has 0 nitrogen and oxygen atoms in total. The van der Waals surface area contributed by atoms with E-state index in [0.717, 1.165) is 0 Å². The third kappa shape index (κ3) is 6.72. The minimum absolute atomic E-state index is 0.134. The van der Waals surface area contributed by atoms with Gasteiger partial charge in [-0.2, -0.15) is 0 Å². The van der Waals surface area contributed by atoms with Crippen molar-refractivity contribution in [1.29, 1.82) is 0 Å². The van der Waals surface area contributed by atoms with E-state index >= 15 is 0 Å². The summed E-state index contributed by atoms with van der Waals surface area (Å²) in [5.41, 5.74) is 0. The molecule has 1 unspecified atom stereocenters. The van der Waals surface area contributed by atoms with Gasteiger partial charge in [0.05, 0.1) is 0 Å². The largest absolute Gasteiger partial charge is 0.0967 e. The zero-order valence-corrected chi connectivity index (χ0v) is 6.60. The first kappa shape index (κ1) is 7.72. The van der Waals surface area contributed by atoms with Gasteiger partial charge in [0.2, 0.25) is 0 Å². The Morgan fingerprint density at radius 1 is 1.57 bits per heavy atom. The highest BCUT2D eigenvalue weighted by molar-refractivity contribution is 7.83. The molecule has 0 saturated carbocycles. The molecule has 0 aromatic rings. The van der Waals surface area contributed by atoms with Crippen molar-refractivity contribution in [3.8, 4) is 0 Å². The SMILES string of the molecule is CCCCP(C)Cl. The molecule has 0 rings (SSSR count). The van der Waals surface area contributed by atoms with Crippen molar-refractivity contribution in [2.45, 2.75) is 19.8 Å². The van der Waals surface area contributed by atoms with E-state index in [1.807, 2.05) is 0 Å². The van der Waals surface area contributed by atoms with E-state index in [2.05, 4.69) is 13.6 Å². The van der Waals surface area contributed by atoms with E-state index in [9.17, 15) is 0 Å². The molecule has 0 bridgehead atoms. The van der Waals surface area contributed by atoms with E-state index in [-0.39, 0.29) is 7.27 Å². The van der Waals surface area contributed by atoms with Crippen molar-refractivity contribution in [3.05, 3.63) is 0 Å². The summed E-state index contributed by atoms with van der Waals surface area (Å²) in [6, 6.07) is 0. The Hall–Kier alpha value is 0.720. The highest BCUT2D eigenvalue weighted by Crippen LogP contribution is 2.36. The van der Waals surface area contributed by atoms with E-state index in [4.69, 9.17) is 11.2 Å². The Morgan fingerprint density at radius 3 is 2.29 bits per heavy atom. The molecule has 0 N–H and O–H groups in total. The third-order valence-corrected chi connectivity index (χ3v) is 2.26. The molecule has 1 atom stereocenters. The Kier molecular flexibility index (Phi) is 5.37. The van der Waals surface area contributed by atoms with Crippen molar-refractivity contribution >= 4 is 18.5 Å². The fourth-order valence-electron chi connectivity index (χ4n) is 0.376. The molecule has 0 aliphatic heterocycles. The van der Waals surface area contributed by atoms with Crippen molar-refractivity contribution in [2.24, 2.45) is 0 Å². The van der Waals surface area contributed by atoms with Gasteiger partial charge in [0.15, 0.2) is 0 Å². The molecule has 2 heteroatoms. The average molecular weight is 139 g/mol. The second kappa shape index (κ2) is 4.87. The molecule has 0 aromatic carbocycles. The van der Waals surface area contributed by atoms with Gasteiger partial charge < -0.3 is 0 Å². The van der Waals surface area contributed by atoms with Gasteiger partial charge in [-0.25, -0.2) is 0 Å². The van der Waals surface area contributed by atoms with Crippen LogP contribution in [0.5, 0.6) is 0 Å². The van der Waals surface area contributed by atoms with Crippen LogP contribution in [0, 0.1) is 0 Å². The van der Waals surface area contributed by atoms with Crippen molar-refractivity contribution in [3.63, 3.8) is 0 Å². The monoisotopic (exact) mass is 138 g/mol. The first-order chi connectivity index (χ1) is 3.27. The third-order valence-electron chi connectivity index (χ3n) is 0.820. The van der Waals surface area contributed by atoms with Gasteiger partial charge >= 0.3 is 0 Å². The lowest BCUT2D eigenvalue weighted by atomic mass is 10.4. The molecule has 0 aliphatic carbocycles. The fraction of sp³-hybridized carbons (Fsp3) is 1.00. The van der Waals surface area contributed by atoms with E-state index in [1.165, 1.54) is 19.0 Å². The lowest BCUT2D eigenvalue weighted by Gasteiger charge is -1.96. The van der Waals surface area contributed by atoms with Crippen LogP contribution in [0.3, 0.4) is 0 Å². The molecule has 0 radical (unpaired) electrons. The molecule has 0 aliphatic rings. The summed E-state index contributed by atoms with van der Waals surface area (Å²) in [5, 5.41) is 0. The lowest BCUT2D eigenvalue weighted by Crippen LogP contribution is -1.73. The first-order valence-corrected chi connectivity index (χ1v) is 5.52. The molecule has 0 aromatic heterocycles. The second-order valence-corrected chi connectivity index (χ2v) is 5.07. The quantitative estimate of drug-likeness (QED) is 0.526. The highest BCUT2D eigenvalue weighted by atomic mass is 35.7. The van der Waals surface area contributed by atoms with Crippen LogP contribution >= 0.6 is 18.5 Å². The van der Waals surface area contributed by atoms with Crippen LogP contribution < -0.4 is 0 Å². The van der Waals surface area contributed by atoms with Gasteiger partial charge in [-0.3, -0.25) is 0 Å². The van der Waals surface area contributed by atoms with Crippen LogP contribution in [0.25, 0.3) is 0 Å². The number of hydrogen-bond acceptors (Lipinski definition) is 0. The number of hydrogen-bond donors (Lipinski definition) is 0. The fourth-order valence-corrected chi connectivity index (χ4v) is 1.49. The zero-order chi connectivity index (χ0) is 5.70. The molecule has 0 heterocycles. The van der Waals surface area contributed by atoms with Crippen molar-refractivity contribution in [2.75, 3.05) is 12.8 Å². The van der Waals surface area contributed by atoms with Gasteiger partial charge in [0, 0.05) is 0 Å². The Balaban J connectivity index is 2.68. The summed E-state index contributed by atoms with van der Waals surface area (Å²) in [5.74, 6) is 0. The predicted octanol–water partition coefficient (Wildman–Crippen LogP) is 3.05. The van der Waals surface area contributed by atoms with Crippen molar-refractivity contribution < 1.29 is 0 Å². The molecular formula is C5H12ClP. The van der Waals surface area contributed by atoms with Crippen LogP contribution in [-0.2, 0) is 0 Å². The van der Waals surface area contributed by atoms with Crippen LogP contribution in [0.2, 0.25) is 0 Å². The Bertz CT molecular complexity index is 37.1. The number of unbranched alkanes of at least 4 members (excludes halogenated alkanes) is 1. The van der Waals surface area contributed by atoms with Crippen LogP contribution in [0.1, 0.15) is 19.8 Å². The van der Waals surface area contributed by atoms with E-state index < -0.39 is 0 Å². The smallest absolute Gasteiger partial charge is 0.0129 e. The standard InChI is InChI=1S/C5H12ClP/c1-3-4-5-7(2)6/h3-5H2,1-2H3. The normalized spacial score (nSPS) is 14.1. The topological polar surface area (TPSA) is 0 Å². The van der Waals surface area contributed by atoms with Gasteiger partial charge in [-0.1, -0.05) is 24.6 Å². The molecular weight excluding hydrogens is 126 g/mol. The summed E-state index contributed by atoms with van der Waals surface area (Å²) < 4.78 is 0. The maximum Gasteiger partial charge on any atom is -0.0129 e. The maximum absolute atomic E-state index is 5.72. The number of halogens is 1. The van der Waals surface area contributed by atoms with Crippen LogP contribution in [0.15, 0.2) is 0 Å². The molecule has 0 amide bonds. The molecule has 7 heavy (non-hydrogen) atoms. The van der Waals surface area contributed by atoms with Gasteiger partial charge in [-0.15, -0.1) is 0 Å². The van der Waals surface area contributed by atoms with Gasteiger partial charge in [0.1, 0.15) is 0 Å². The Morgan fingerprint density at radius 2 is 2.14 bits per heavy atom. The van der Waals surface area contributed by atoms with Gasteiger partial charge in [-0.05, 0) is 26.5 Å². The summed E-state index contributed by atoms with van der Waals surface area (Å²) in [4.78, 5) is 0. The summed E-state index contributed by atoms with van der Waals surface area (Å²) in [7, 11) is -0.134.